The van der Waals surface area contributed by atoms with E-state index >= 15 is 0 Å². The minimum Gasteiger partial charge on any atom is -0.480 e. The number of aromatic nitrogens is 2. The minimum absolute atomic E-state index is 0.268. The van der Waals surface area contributed by atoms with Crippen LogP contribution in [0.3, 0.4) is 0 Å². The van der Waals surface area contributed by atoms with Crippen LogP contribution in [0.4, 0.5) is 17.6 Å². The molecule has 0 bridgehead atoms. The number of nitrogens with zero attached hydrogens (tertiary/aromatic N) is 2. The van der Waals surface area contributed by atoms with Crippen LogP contribution in [-0.4, -0.2) is 40.7 Å². The van der Waals surface area contributed by atoms with E-state index in [4.69, 9.17) is 16.3 Å². The van der Waals surface area contributed by atoms with Gasteiger partial charge in [-0.2, -0.15) is 13.2 Å². The van der Waals surface area contributed by atoms with E-state index in [0.717, 1.165) is 25.6 Å². The molecule has 32 heavy (non-hydrogen) atoms. The van der Waals surface area contributed by atoms with Gasteiger partial charge in [-0.1, -0.05) is 11.6 Å². The first-order chi connectivity index (χ1) is 15.0. The number of halogens is 5. The van der Waals surface area contributed by atoms with E-state index in [1.807, 2.05) is 0 Å². The van der Waals surface area contributed by atoms with Crippen molar-refractivity contribution >= 4 is 23.5 Å². The number of carbonyl (C=O) groups excluding carboxylic acids is 2. The van der Waals surface area contributed by atoms with Crippen molar-refractivity contribution in [3.8, 4) is 17.0 Å². The summed E-state index contributed by atoms with van der Waals surface area (Å²) in [7, 11) is 0.869. The van der Waals surface area contributed by atoms with Crippen molar-refractivity contribution in [2.24, 2.45) is 7.05 Å². The quantitative estimate of drug-likeness (QED) is 0.401. The van der Waals surface area contributed by atoms with E-state index in [1.165, 1.54) is 0 Å². The molecule has 0 unspecified atom stereocenters. The first-order valence-corrected chi connectivity index (χ1v) is 9.60. The summed E-state index contributed by atoms with van der Waals surface area (Å²) in [6.45, 7) is -0.141. The van der Waals surface area contributed by atoms with Gasteiger partial charge in [0.05, 0.1) is 11.2 Å². The molecule has 13 heteroatoms. The lowest BCUT2D eigenvalue weighted by atomic mass is 10.1. The SMILES string of the molecule is Cn1c(C(F)(F)F)cnc(-c2cc(OCC(=O)OC(=O)[C@@H]3CCCN3)c(Cl)cc2F)c1=O. The lowest BCUT2D eigenvalue weighted by molar-refractivity contribution is -0.162. The van der Waals surface area contributed by atoms with Crippen LogP contribution in [0.2, 0.25) is 5.02 Å². The third-order valence-electron chi connectivity index (χ3n) is 4.66. The molecular formula is C19H16ClF4N3O5. The topological polar surface area (TPSA) is 99.5 Å². The van der Waals surface area contributed by atoms with E-state index in [2.05, 4.69) is 15.0 Å². The lowest BCUT2D eigenvalue weighted by Gasteiger charge is -2.14. The summed E-state index contributed by atoms with van der Waals surface area (Å²) < 4.78 is 63.3. The second-order valence-electron chi connectivity index (χ2n) is 6.85. The number of alkyl halides is 3. The summed E-state index contributed by atoms with van der Waals surface area (Å²) in [6.07, 6.45) is -3.16. The molecule has 3 rings (SSSR count). The van der Waals surface area contributed by atoms with Crippen molar-refractivity contribution in [1.82, 2.24) is 14.9 Å². The van der Waals surface area contributed by atoms with Crippen molar-refractivity contribution in [3.63, 3.8) is 0 Å². The van der Waals surface area contributed by atoms with Gasteiger partial charge in [-0.15, -0.1) is 0 Å². The third kappa shape index (κ3) is 5.07. The first-order valence-electron chi connectivity index (χ1n) is 9.22. The normalized spacial score (nSPS) is 16.1. The molecule has 8 nitrogen and oxygen atoms in total. The molecule has 1 saturated heterocycles. The highest BCUT2D eigenvalue weighted by Crippen LogP contribution is 2.33. The Labute approximate surface area is 183 Å². The highest BCUT2D eigenvalue weighted by molar-refractivity contribution is 6.32. The molecule has 1 aliphatic heterocycles. The molecule has 1 N–H and O–H groups in total. The van der Waals surface area contributed by atoms with Gasteiger partial charge in [-0.3, -0.25) is 4.79 Å². The number of nitrogens with one attached hydrogen (secondary N) is 1. The fourth-order valence-corrected chi connectivity index (χ4v) is 3.25. The second kappa shape index (κ2) is 9.25. The zero-order chi connectivity index (χ0) is 23.6. The number of ether oxygens (including phenoxy) is 2. The maximum atomic E-state index is 14.4. The predicted molar refractivity (Wildman–Crippen MR) is 103 cm³/mol. The van der Waals surface area contributed by atoms with E-state index < -0.39 is 59.1 Å². The highest BCUT2D eigenvalue weighted by Gasteiger charge is 2.35. The van der Waals surface area contributed by atoms with Crippen LogP contribution < -0.4 is 15.6 Å². The Hall–Kier alpha value is -2.99. The molecule has 2 heterocycles. The maximum absolute atomic E-state index is 14.4. The van der Waals surface area contributed by atoms with Crippen LogP contribution >= 0.6 is 11.6 Å². The summed E-state index contributed by atoms with van der Waals surface area (Å²) >= 11 is 5.89. The molecule has 1 aromatic carbocycles. The average Bonchev–Trinajstić information content (AvgIpc) is 3.24. The van der Waals surface area contributed by atoms with Gasteiger partial charge >= 0.3 is 18.1 Å². The fraction of sp³-hybridized carbons (Fsp3) is 0.368. The van der Waals surface area contributed by atoms with Gasteiger partial charge in [0, 0.05) is 12.6 Å². The average molecular weight is 478 g/mol. The van der Waals surface area contributed by atoms with Gasteiger partial charge in [0.1, 0.15) is 29.0 Å². The van der Waals surface area contributed by atoms with Crippen molar-refractivity contribution < 1.29 is 36.6 Å². The minimum atomic E-state index is -4.84. The second-order valence-corrected chi connectivity index (χ2v) is 7.25. The molecule has 1 aromatic heterocycles. The Morgan fingerprint density at radius 2 is 2.06 bits per heavy atom. The Bertz CT molecular complexity index is 1110. The summed E-state index contributed by atoms with van der Waals surface area (Å²) in [5.74, 6) is -3.11. The number of hydrogen-bond acceptors (Lipinski definition) is 7. The molecular weight excluding hydrogens is 462 g/mol. The van der Waals surface area contributed by atoms with Gasteiger partial charge in [0.25, 0.3) is 5.56 Å². The van der Waals surface area contributed by atoms with Gasteiger partial charge in [0.15, 0.2) is 6.61 Å². The smallest absolute Gasteiger partial charge is 0.433 e. The van der Waals surface area contributed by atoms with Crippen LogP contribution in [0.1, 0.15) is 18.5 Å². The van der Waals surface area contributed by atoms with Crippen molar-refractivity contribution in [1.29, 1.82) is 0 Å². The molecule has 0 spiro atoms. The van der Waals surface area contributed by atoms with Crippen molar-refractivity contribution in [2.75, 3.05) is 13.2 Å². The van der Waals surface area contributed by atoms with E-state index in [1.54, 1.807) is 0 Å². The summed E-state index contributed by atoms with van der Waals surface area (Å²) in [5, 5.41) is 2.57. The molecule has 1 fully saturated rings. The Balaban J connectivity index is 1.81. The number of benzene rings is 1. The van der Waals surface area contributed by atoms with Crippen LogP contribution in [0, 0.1) is 5.82 Å². The van der Waals surface area contributed by atoms with Crippen LogP contribution in [0.5, 0.6) is 5.75 Å². The zero-order valence-corrected chi connectivity index (χ0v) is 17.2. The van der Waals surface area contributed by atoms with Crippen LogP contribution in [0.15, 0.2) is 23.1 Å². The molecule has 0 radical (unpaired) electrons. The van der Waals surface area contributed by atoms with Crippen molar-refractivity contribution in [2.45, 2.75) is 25.1 Å². The highest BCUT2D eigenvalue weighted by atomic mass is 35.5. The van der Waals surface area contributed by atoms with Gasteiger partial charge in [-0.25, -0.2) is 19.0 Å². The fourth-order valence-electron chi connectivity index (χ4n) is 3.04. The lowest BCUT2D eigenvalue weighted by Crippen LogP contribution is -2.34. The number of rotatable bonds is 5. The van der Waals surface area contributed by atoms with Gasteiger partial charge < -0.3 is 19.4 Å². The number of carbonyl (C=O) groups is 2. The summed E-state index contributed by atoms with van der Waals surface area (Å²) in [5.41, 5.74) is -3.63. The number of esters is 2. The van der Waals surface area contributed by atoms with Gasteiger partial charge in [0.2, 0.25) is 0 Å². The Morgan fingerprint density at radius 3 is 2.69 bits per heavy atom. The largest absolute Gasteiger partial charge is 0.480 e. The van der Waals surface area contributed by atoms with Crippen LogP contribution in [-0.2, 0) is 27.5 Å². The molecule has 1 atom stereocenters. The number of hydrogen-bond donors (Lipinski definition) is 1. The summed E-state index contributed by atoms with van der Waals surface area (Å²) in [4.78, 5) is 39.5. The van der Waals surface area contributed by atoms with E-state index in [-0.39, 0.29) is 15.3 Å². The van der Waals surface area contributed by atoms with E-state index in [9.17, 15) is 31.9 Å². The monoisotopic (exact) mass is 477 g/mol. The molecule has 172 valence electrons. The Kier molecular flexibility index (Phi) is 6.84. The molecule has 0 saturated carbocycles. The van der Waals surface area contributed by atoms with Crippen molar-refractivity contribution in [3.05, 3.63) is 45.2 Å². The van der Waals surface area contributed by atoms with Crippen LogP contribution in [0.25, 0.3) is 11.3 Å². The predicted octanol–water partition coefficient (Wildman–Crippen LogP) is 2.46. The standard InChI is InChI=1S/C19H16ClF4N3O5/c1-27-14(19(22,23)24)7-26-16(17(27)29)9-5-13(10(20)6-11(9)21)31-8-15(28)32-18(30)12-3-2-4-25-12/h5-7,12,25H,2-4,8H2,1H3/t12-/m0/s1. The zero-order valence-electron chi connectivity index (χ0n) is 16.5. The Morgan fingerprint density at radius 1 is 1.34 bits per heavy atom. The van der Waals surface area contributed by atoms with Gasteiger partial charge in [-0.05, 0) is 31.5 Å². The molecule has 2 aromatic rings. The third-order valence-corrected chi connectivity index (χ3v) is 4.95. The maximum Gasteiger partial charge on any atom is 0.433 e. The first kappa shape index (κ1) is 23.7. The van der Waals surface area contributed by atoms with E-state index in [0.29, 0.717) is 19.2 Å². The molecule has 1 aliphatic rings. The summed E-state index contributed by atoms with van der Waals surface area (Å²) in [6, 6.07) is 1.08. The molecule has 0 amide bonds. The molecule has 0 aliphatic carbocycles.